The van der Waals surface area contributed by atoms with E-state index >= 15 is 0 Å². The third kappa shape index (κ3) is 3.30. The molecule has 3 heteroatoms. The van der Waals surface area contributed by atoms with Crippen LogP contribution in [0.4, 0.5) is 8.78 Å². The Hall–Kier alpha value is -1.74. The van der Waals surface area contributed by atoms with Crippen LogP contribution in [0.5, 0.6) is 0 Å². The molecule has 112 valence electrons. The van der Waals surface area contributed by atoms with E-state index in [2.05, 4.69) is 12.2 Å². The minimum absolute atomic E-state index is 0.0840. The minimum atomic E-state index is -0.518. The van der Waals surface area contributed by atoms with Gasteiger partial charge in [0.1, 0.15) is 11.6 Å². The van der Waals surface area contributed by atoms with Crippen LogP contribution in [-0.4, -0.2) is 7.05 Å². The molecule has 2 aromatic rings. The average molecular weight is 289 g/mol. The summed E-state index contributed by atoms with van der Waals surface area (Å²) in [6, 6.07) is 10.2. The highest BCUT2D eigenvalue weighted by atomic mass is 19.1. The summed E-state index contributed by atoms with van der Waals surface area (Å²) >= 11 is 0. The Morgan fingerprint density at radius 3 is 2.29 bits per heavy atom. The molecule has 1 atom stereocenters. The maximum absolute atomic E-state index is 14.3. The molecule has 0 fully saturated rings. The van der Waals surface area contributed by atoms with Crippen molar-refractivity contribution >= 4 is 0 Å². The Kier molecular flexibility index (Phi) is 5.07. The molecule has 0 saturated heterocycles. The van der Waals surface area contributed by atoms with Crippen LogP contribution in [0.3, 0.4) is 0 Å². The Balaban J connectivity index is 2.42. The lowest BCUT2D eigenvalue weighted by molar-refractivity contribution is 0.517. The third-order valence-electron chi connectivity index (χ3n) is 3.75. The van der Waals surface area contributed by atoms with Gasteiger partial charge in [-0.3, -0.25) is 0 Å². The summed E-state index contributed by atoms with van der Waals surface area (Å²) < 4.78 is 28.4. The van der Waals surface area contributed by atoms with E-state index in [4.69, 9.17) is 0 Å². The summed E-state index contributed by atoms with van der Waals surface area (Å²) in [6.45, 7) is 3.77. The molecule has 0 bridgehead atoms. The summed E-state index contributed by atoms with van der Waals surface area (Å²) in [5.74, 6) is -0.998. The molecular formula is C18H21F2N. The second-order valence-electron chi connectivity index (χ2n) is 5.31. The molecule has 0 heterocycles. The highest BCUT2D eigenvalue weighted by Crippen LogP contribution is 2.28. The fraction of sp³-hybridized carbons (Fsp3) is 0.333. The van der Waals surface area contributed by atoms with Crippen LogP contribution in [0.2, 0.25) is 0 Å². The number of benzene rings is 2. The van der Waals surface area contributed by atoms with Crippen LogP contribution in [-0.2, 0) is 6.42 Å². The van der Waals surface area contributed by atoms with Crippen molar-refractivity contribution in [3.63, 3.8) is 0 Å². The van der Waals surface area contributed by atoms with Gasteiger partial charge in [0.2, 0.25) is 0 Å². The van der Waals surface area contributed by atoms with Crippen LogP contribution in [0.15, 0.2) is 36.4 Å². The SMILES string of the molecule is CCCc1ccc(C(NC)c2c(F)ccc(C)c2F)cc1. The van der Waals surface area contributed by atoms with Crippen LogP contribution in [0, 0.1) is 18.6 Å². The van der Waals surface area contributed by atoms with E-state index in [1.54, 1.807) is 14.0 Å². The molecule has 0 amide bonds. The van der Waals surface area contributed by atoms with Crippen molar-refractivity contribution < 1.29 is 8.78 Å². The predicted octanol–water partition coefficient (Wildman–Crippen LogP) is 4.53. The molecule has 0 aliphatic carbocycles. The summed E-state index contributed by atoms with van der Waals surface area (Å²) in [4.78, 5) is 0. The molecule has 0 aliphatic rings. The van der Waals surface area contributed by atoms with E-state index in [1.807, 2.05) is 24.3 Å². The Labute approximate surface area is 125 Å². The van der Waals surface area contributed by atoms with Gasteiger partial charge in [-0.15, -0.1) is 0 Å². The number of hydrogen-bond donors (Lipinski definition) is 1. The zero-order chi connectivity index (χ0) is 15.4. The smallest absolute Gasteiger partial charge is 0.134 e. The van der Waals surface area contributed by atoms with Crippen molar-refractivity contribution in [2.45, 2.75) is 32.7 Å². The molecule has 0 aromatic heterocycles. The summed E-state index contributed by atoms with van der Waals surface area (Å²) in [6.07, 6.45) is 2.09. The molecule has 1 N–H and O–H groups in total. The molecule has 0 spiro atoms. The van der Waals surface area contributed by atoms with Gasteiger partial charge in [0.05, 0.1) is 6.04 Å². The van der Waals surface area contributed by atoms with E-state index in [9.17, 15) is 8.78 Å². The van der Waals surface area contributed by atoms with Crippen molar-refractivity contribution in [3.8, 4) is 0 Å². The number of halogens is 2. The highest BCUT2D eigenvalue weighted by Gasteiger charge is 2.21. The van der Waals surface area contributed by atoms with Gasteiger partial charge in [-0.1, -0.05) is 43.7 Å². The fourth-order valence-electron chi connectivity index (χ4n) is 2.59. The molecule has 21 heavy (non-hydrogen) atoms. The Bertz CT molecular complexity index is 605. The first-order chi connectivity index (χ1) is 10.1. The molecule has 0 saturated carbocycles. The topological polar surface area (TPSA) is 12.0 Å². The maximum Gasteiger partial charge on any atom is 0.134 e. The largest absolute Gasteiger partial charge is 0.309 e. The number of rotatable bonds is 5. The van der Waals surface area contributed by atoms with Crippen molar-refractivity contribution in [1.82, 2.24) is 5.32 Å². The van der Waals surface area contributed by atoms with Crippen LogP contribution < -0.4 is 5.32 Å². The van der Waals surface area contributed by atoms with Gasteiger partial charge in [-0.05, 0) is 43.1 Å². The minimum Gasteiger partial charge on any atom is -0.309 e. The van der Waals surface area contributed by atoms with Gasteiger partial charge in [0.15, 0.2) is 0 Å². The Morgan fingerprint density at radius 2 is 1.71 bits per heavy atom. The summed E-state index contributed by atoms with van der Waals surface area (Å²) in [5.41, 5.74) is 2.64. The van der Waals surface area contributed by atoms with Gasteiger partial charge < -0.3 is 5.32 Å². The summed E-state index contributed by atoms with van der Waals surface area (Å²) in [5, 5.41) is 3.01. The number of nitrogens with one attached hydrogen (secondary N) is 1. The molecule has 2 rings (SSSR count). The normalized spacial score (nSPS) is 12.4. The second-order valence-corrected chi connectivity index (χ2v) is 5.31. The lowest BCUT2D eigenvalue weighted by atomic mass is 9.95. The standard InChI is InChI=1S/C18H21F2N/c1-4-5-13-7-9-14(10-8-13)18(21-3)16-15(19)11-6-12(2)17(16)20/h6-11,18,21H,4-5H2,1-3H3. The second kappa shape index (κ2) is 6.81. The monoisotopic (exact) mass is 289 g/mol. The van der Waals surface area contributed by atoms with Crippen molar-refractivity contribution in [3.05, 3.63) is 70.3 Å². The van der Waals surface area contributed by atoms with Gasteiger partial charge >= 0.3 is 0 Å². The van der Waals surface area contributed by atoms with Gasteiger partial charge in [-0.2, -0.15) is 0 Å². The van der Waals surface area contributed by atoms with Crippen molar-refractivity contribution in [2.24, 2.45) is 0 Å². The third-order valence-corrected chi connectivity index (χ3v) is 3.75. The number of aryl methyl sites for hydroxylation is 2. The molecule has 2 aromatic carbocycles. The van der Waals surface area contributed by atoms with E-state index in [0.717, 1.165) is 18.4 Å². The van der Waals surface area contributed by atoms with Crippen LogP contribution >= 0.6 is 0 Å². The molecule has 0 aliphatic heterocycles. The highest BCUT2D eigenvalue weighted by molar-refractivity contribution is 5.37. The molecule has 1 unspecified atom stereocenters. The van der Waals surface area contributed by atoms with E-state index in [1.165, 1.54) is 17.7 Å². The average Bonchev–Trinajstić information content (AvgIpc) is 2.49. The van der Waals surface area contributed by atoms with E-state index < -0.39 is 17.7 Å². The van der Waals surface area contributed by atoms with Gasteiger partial charge in [0.25, 0.3) is 0 Å². The maximum atomic E-state index is 14.3. The lowest BCUT2D eigenvalue weighted by Crippen LogP contribution is -2.21. The quantitative estimate of drug-likeness (QED) is 0.852. The first kappa shape index (κ1) is 15.6. The van der Waals surface area contributed by atoms with Crippen molar-refractivity contribution in [2.75, 3.05) is 7.05 Å². The zero-order valence-electron chi connectivity index (χ0n) is 12.7. The van der Waals surface area contributed by atoms with Gasteiger partial charge in [0, 0.05) is 5.56 Å². The summed E-state index contributed by atoms with van der Waals surface area (Å²) in [7, 11) is 1.71. The molecule has 0 radical (unpaired) electrons. The molecular weight excluding hydrogens is 268 g/mol. The first-order valence-electron chi connectivity index (χ1n) is 7.29. The van der Waals surface area contributed by atoms with Crippen LogP contribution in [0.1, 0.15) is 41.6 Å². The molecule has 1 nitrogen and oxygen atoms in total. The fourth-order valence-corrected chi connectivity index (χ4v) is 2.59. The Morgan fingerprint density at radius 1 is 1.05 bits per heavy atom. The number of hydrogen-bond acceptors (Lipinski definition) is 1. The predicted molar refractivity (Wildman–Crippen MR) is 82.4 cm³/mol. The lowest BCUT2D eigenvalue weighted by Gasteiger charge is -2.20. The van der Waals surface area contributed by atoms with Crippen molar-refractivity contribution in [1.29, 1.82) is 0 Å². The first-order valence-corrected chi connectivity index (χ1v) is 7.29. The zero-order valence-corrected chi connectivity index (χ0v) is 12.7. The van der Waals surface area contributed by atoms with E-state index in [-0.39, 0.29) is 5.56 Å². The van der Waals surface area contributed by atoms with Crippen LogP contribution in [0.25, 0.3) is 0 Å². The van der Waals surface area contributed by atoms with E-state index in [0.29, 0.717) is 5.56 Å². The van der Waals surface area contributed by atoms with Gasteiger partial charge in [-0.25, -0.2) is 8.78 Å².